The van der Waals surface area contributed by atoms with Crippen molar-refractivity contribution in [2.45, 2.75) is 96.8 Å². The van der Waals surface area contributed by atoms with Crippen molar-refractivity contribution in [2.75, 3.05) is 26.1 Å². The molecule has 0 radical (unpaired) electrons. The molecule has 6 heteroatoms. The van der Waals surface area contributed by atoms with E-state index in [-0.39, 0.29) is 6.61 Å². The first-order chi connectivity index (χ1) is 20.9. The van der Waals surface area contributed by atoms with Gasteiger partial charge in [0, 0.05) is 0 Å². The van der Waals surface area contributed by atoms with Gasteiger partial charge in [-0.2, -0.15) is 8.42 Å². The Bertz CT molecular complexity index is 1250. The molecule has 0 atom stereocenters. The molecular formula is C37H52O5S. The average Bonchev–Trinajstić information content (AvgIpc) is 2.98. The van der Waals surface area contributed by atoms with Crippen molar-refractivity contribution in [3.8, 4) is 11.5 Å². The highest BCUT2D eigenvalue weighted by Crippen LogP contribution is 2.58. The lowest BCUT2D eigenvalue weighted by molar-refractivity contribution is 0.0705. The smallest absolute Gasteiger partial charge is 0.264 e. The number of benzene rings is 2. The summed E-state index contributed by atoms with van der Waals surface area (Å²) in [5, 5.41) is 0. The van der Waals surface area contributed by atoms with E-state index in [0.717, 1.165) is 80.1 Å². The first-order valence-electron chi connectivity index (χ1n) is 16.9. The van der Waals surface area contributed by atoms with E-state index in [0.29, 0.717) is 6.61 Å². The number of hydrogen-bond acceptors (Lipinski definition) is 5. The summed E-state index contributed by atoms with van der Waals surface area (Å²) in [6.07, 6.45) is 17.9. The first kappa shape index (κ1) is 32.1. The average molecular weight is 609 g/mol. The molecule has 4 saturated carbocycles. The van der Waals surface area contributed by atoms with Crippen LogP contribution in [0.25, 0.3) is 5.57 Å². The van der Waals surface area contributed by atoms with Gasteiger partial charge in [0.15, 0.2) is 0 Å². The maximum Gasteiger partial charge on any atom is 0.264 e. The minimum Gasteiger partial charge on any atom is -0.494 e. The largest absolute Gasteiger partial charge is 0.494 e. The lowest BCUT2D eigenvalue weighted by atomic mass is 9.53. The van der Waals surface area contributed by atoms with E-state index in [1.165, 1.54) is 74.5 Å². The van der Waals surface area contributed by atoms with Crippen LogP contribution in [0.1, 0.15) is 108 Å². The number of allylic oxidation sites excluding steroid dienone is 1. The van der Waals surface area contributed by atoms with E-state index in [1.54, 1.807) is 5.57 Å². The molecule has 0 N–H and O–H groups in total. The van der Waals surface area contributed by atoms with Crippen molar-refractivity contribution in [2.24, 2.45) is 23.7 Å². The monoisotopic (exact) mass is 608 g/mol. The van der Waals surface area contributed by atoms with Gasteiger partial charge < -0.3 is 9.47 Å². The van der Waals surface area contributed by atoms with Crippen LogP contribution in [0, 0.1) is 23.7 Å². The van der Waals surface area contributed by atoms with Gasteiger partial charge in [-0.25, -0.2) is 0 Å². The van der Waals surface area contributed by atoms with Crippen LogP contribution in [-0.4, -0.2) is 34.5 Å². The van der Waals surface area contributed by atoms with Gasteiger partial charge in [0.2, 0.25) is 0 Å². The van der Waals surface area contributed by atoms with Crippen molar-refractivity contribution >= 4 is 15.7 Å². The molecule has 0 saturated heterocycles. The predicted octanol–water partition coefficient (Wildman–Crippen LogP) is 9.21. The number of hydrogen-bond donors (Lipinski definition) is 0. The lowest BCUT2D eigenvalue weighted by Crippen LogP contribution is -2.40. The van der Waals surface area contributed by atoms with E-state index in [4.69, 9.17) is 13.7 Å². The second kappa shape index (κ2) is 15.6. The highest BCUT2D eigenvalue weighted by molar-refractivity contribution is 7.85. The molecule has 4 bridgehead atoms. The van der Waals surface area contributed by atoms with Crippen LogP contribution in [0.3, 0.4) is 0 Å². The Kier molecular flexibility index (Phi) is 11.7. The molecule has 4 fully saturated rings. The molecule has 0 heterocycles. The second-order valence-electron chi connectivity index (χ2n) is 13.2. The molecule has 6 rings (SSSR count). The summed E-state index contributed by atoms with van der Waals surface area (Å²) in [5.41, 5.74) is 5.77. The lowest BCUT2D eigenvalue weighted by Gasteiger charge is -2.52. The fourth-order valence-corrected chi connectivity index (χ4v) is 8.31. The van der Waals surface area contributed by atoms with Crippen LogP contribution in [-0.2, 0) is 14.3 Å². The zero-order valence-corrected chi connectivity index (χ0v) is 27.2. The third-order valence-corrected chi connectivity index (χ3v) is 10.3. The van der Waals surface area contributed by atoms with Crippen LogP contribution >= 0.6 is 0 Å². The van der Waals surface area contributed by atoms with Crippen molar-refractivity contribution in [1.29, 1.82) is 0 Å². The summed E-state index contributed by atoms with van der Waals surface area (Å²) in [6.45, 7) is 3.97. The topological polar surface area (TPSA) is 61.8 Å². The maximum absolute atomic E-state index is 11.1. The van der Waals surface area contributed by atoms with Crippen LogP contribution in [0.5, 0.6) is 11.5 Å². The van der Waals surface area contributed by atoms with Crippen LogP contribution in [0.2, 0.25) is 0 Å². The molecular weight excluding hydrogens is 556 g/mol. The standard InChI is InChI=1S/C37H52O5S/c1-3-4-5-6-9-20-40-34-16-12-30(13-17-34)36(37-32-24-28-23-29(26-32)27-33(37)25-28)31-14-18-35(19-15-31)41-21-10-7-8-11-22-42-43(2,38)39/h12-19,28-29,32-33H,3-11,20-27H2,1-2H3. The molecule has 0 amide bonds. The minimum absolute atomic E-state index is 0.261. The quantitative estimate of drug-likeness (QED) is 0.125. The highest BCUT2D eigenvalue weighted by Gasteiger charge is 2.46. The Labute approximate surface area is 260 Å². The Morgan fingerprint density at radius 1 is 0.628 bits per heavy atom. The van der Waals surface area contributed by atoms with Crippen LogP contribution in [0.4, 0.5) is 0 Å². The number of unbranched alkanes of at least 4 members (excludes halogenated alkanes) is 7. The summed E-state index contributed by atoms with van der Waals surface area (Å²) in [4.78, 5) is 0. The first-order valence-corrected chi connectivity index (χ1v) is 18.8. The summed E-state index contributed by atoms with van der Waals surface area (Å²) in [7, 11) is -3.34. The Balaban J connectivity index is 1.22. The van der Waals surface area contributed by atoms with Gasteiger partial charge in [0.05, 0.1) is 26.1 Å². The van der Waals surface area contributed by atoms with E-state index < -0.39 is 10.1 Å². The predicted molar refractivity (Wildman–Crippen MR) is 175 cm³/mol. The Morgan fingerprint density at radius 3 is 1.51 bits per heavy atom. The summed E-state index contributed by atoms with van der Waals surface area (Å²) in [5.74, 6) is 5.20. The van der Waals surface area contributed by atoms with E-state index >= 15 is 0 Å². The second-order valence-corrected chi connectivity index (χ2v) is 14.9. The van der Waals surface area contributed by atoms with Gasteiger partial charge in [-0.15, -0.1) is 0 Å². The Hall–Kier alpha value is -2.31. The summed E-state index contributed by atoms with van der Waals surface area (Å²) >= 11 is 0. The molecule has 0 aliphatic heterocycles. The SMILES string of the molecule is CCCCCCCOc1ccc(C(=C2C3CC4CC(C3)CC2C4)c2ccc(OCCCCCCOS(C)(=O)=O)cc2)cc1. The molecule has 5 nitrogen and oxygen atoms in total. The van der Waals surface area contributed by atoms with Crippen LogP contribution < -0.4 is 9.47 Å². The van der Waals surface area contributed by atoms with E-state index in [9.17, 15) is 8.42 Å². The molecule has 2 aromatic rings. The third-order valence-electron chi connectivity index (χ3n) is 9.71. The number of ether oxygens (including phenoxy) is 2. The maximum atomic E-state index is 11.1. The number of rotatable bonds is 18. The zero-order chi connectivity index (χ0) is 30.1. The van der Waals surface area contributed by atoms with Gasteiger partial charge in [-0.3, -0.25) is 4.18 Å². The van der Waals surface area contributed by atoms with Crippen molar-refractivity contribution in [3.05, 3.63) is 65.2 Å². The van der Waals surface area contributed by atoms with Gasteiger partial charge in [0.25, 0.3) is 10.1 Å². The van der Waals surface area contributed by atoms with Crippen molar-refractivity contribution < 1.29 is 22.1 Å². The fourth-order valence-electron chi connectivity index (χ4n) is 7.89. The molecule has 0 unspecified atom stereocenters. The minimum atomic E-state index is -3.34. The molecule has 0 spiro atoms. The Morgan fingerprint density at radius 2 is 1.07 bits per heavy atom. The zero-order valence-electron chi connectivity index (χ0n) is 26.4. The molecule has 0 aromatic heterocycles. The van der Waals surface area contributed by atoms with Gasteiger partial charge in [-0.1, -0.05) is 68.9 Å². The fraction of sp³-hybridized carbons (Fsp3) is 0.622. The van der Waals surface area contributed by atoms with E-state index in [1.807, 2.05) is 0 Å². The molecule has 4 aliphatic rings. The normalized spacial score (nSPS) is 22.6. The third kappa shape index (κ3) is 9.34. The summed E-state index contributed by atoms with van der Waals surface area (Å²) in [6, 6.07) is 17.7. The van der Waals surface area contributed by atoms with Gasteiger partial charge >= 0.3 is 0 Å². The van der Waals surface area contributed by atoms with E-state index in [2.05, 4.69) is 55.5 Å². The molecule has 2 aromatic carbocycles. The van der Waals surface area contributed by atoms with Crippen molar-refractivity contribution in [1.82, 2.24) is 0 Å². The van der Waals surface area contributed by atoms with Crippen LogP contribution in [0.15, 0.2) is 54.1 Å². The van der Waals surface area contributed by atoms with Gasteiger partial charge in [0.1, 0.15) is 11.5 Å². The molecule has 4 aliphatic carbocycles. The van der Waals surface area contributed by atoms with Crippen molar-refractivity contribution in [3.63, 3.8) is 0 Å². The molecule has 236 valence electrons. The van der Waals surface area contributed by atoms with Gasteiger partial charge in [-0.05, 0) is 122 Å². The molecule has 43 heavy (non-hydrogen) atoms. The summed E-state index contributed by atoms with van der Waals surface area (Å²) < 4.78 is 39.1. The highest BCUT2D eigenvalue weighted by atomic mass is 32.2.